The van der Waals surface area contributed by atoms with Crippen LogP contribution in [0.4, 0.5) is 10.8 Å². The van der Waals surface area contributed by atoms with Crippen LogP contribution in [0.15, 0.2) is 46.8 Å². The van der Waals surface area contributed by atoms with Gasteiger partial charge in [0.1, 0.15) is 0 Å². The molecule has 0 atom stereocenters. The summed E-state index contributed by atoms with van der Waals surface area (Å²) >= 11 is 0.816. The Morgan fingerprint density at radius 2 is 1.75 bits per heavy atom. The van der Waals surface area contributed by atoms with Crippen molar-refractivity contribution in [2.45, 2.75) is 25.1 Å². The zero-order valence-electron chi connectivity index (χ0n) is 15.9. The van der Waals surface area contributed by atoms with Gasteiger partial charge in [-0.3, -0.25) is 14.4 Å². The number of benzene rings is 2. The van der Waals surface area contributed by atoms with Crippen LogP contribution < -0.4 is 9.62 Å². The van der Waals surface area contributed by atoms with Crippen molar-refractivity contribution in [3.05, 3.63) is 64.7 Å². The molecule has 2 aromatic carbocycles. The number of aryl methyl sites for hydroxylation is 3. The minimum absolute atomic E-state index is 0.124. The average Bonchev–Trinajstić information content (AvgIpc) is 3.12. The van der Waals surface area contributed by atoms with Crippen LogP contribution in [0.3, 0.4) is 0 Å². The van der Waals surface area contributed by atoms with Crippen LogP contribution in [-0.2, 0) is 10.0 Å². The van der Waals surface area contributed by atoms with Crippen molar-refractivity contribution in [2.24, 2.45) is 0 Å². The maximum absolute atomic E-state index is 12.9. The van der Waals surface area contributed by atoms with Gasteiger partial charge in [-0.2, -0.15) is 8.42 Å². The first kappa shape index (κ1) is 20.0. The van der Waals surface area contributed by atoms with Gasteiger partial charge >= 0.3 is 0 Å². The van der Waals surface area contributed by atoms with Crippen molar-refractivity contribution in [1.82, 2.24) is 10.2 Å². The molecule has 0 saturated heterocycles. The summed E-state index contributed by atoms with van der Waals surface area (Å²) in [4.78, 5) is 12.3. The smallest absolute Gasteiger partial charge is 0.293 e. The minimum atomic E-state index is -3.89. The largest absolute Gasteiger partial charge is 0.296 e. The molecule has 1 amide bonds. The van der Waals surface area contributed by atoms with E-state index in [1.165, 1.54) is 11.4 Å². The third-order valence-corrected chi connectivity index (χ3v) is 7.15. The number of carbonyl (C=O) groups is 1. The van der Waals surface area contributed by atoms with Crippen molar-refractivity contribution >= 4 is 38.1 Å². The van der Waals surface area contributed by atoms with Gasteiger partial charge in [0.25, 0.3) is 20.3 Å². The standard InChI is InChI=1S/C19H20N4O3S2/c1-12-6-5-7-15(10-12)17(24)20-18-21-22-19(27-18)28(25,26)23(4)16-11-13(2)8-9-14(16)3/h5-11H,1-4H3,(H,20,21,24). The monoisotopic (exact) mass is 416 g/mol. The number of sulfonamides is 1. The fourth-order valence-electron chi connectivity index (χ4n) is 2.63. The summed E-state index contributed by atoms with van der Waals surface area (Å²) < 4.78 is 26.9. The quantitative estimate of drug-likeness (QED) is 0.642. The molecule has 1 heterocycles. The average molecular weight is 417 g/mol. The third-order valence-electron chi connectivity index (χ3n) is 4.19. The summed E-state index contributed by atoms with van der Waals surface area (Å²) in [5, 5.41) is 10.3. The van der Waals surface area contributed by atoms with E-state index < -0.39 is 10.0 Å². The number of hydrogen-bond donors (Lipinski definition) is 1. The van der Waals surface area contributed by atoms with E-state index in [1.54, 1.807) is 24.3 Å². The van der Waals surface area contributed by atoms with E-state index in [4.69, 9.17) is 0 Å². The fourth-order valence-corrected chi connectivity index (χ4v) is 4.93. The van der Waals surface area contributed by atoms with Crippen LogP contribution in [0, 0.1) is 20.8 Å². The Hall–Kier alpha value is -2.78. The van der Waals surface area contributed by atoms with E-state index in [9.17, 15) is 13.2 Å². The second-order valence-electron chi connectivity index (χ2n) is 6.46. The van der Waals surface area contributed by atoms with Gasteiger partial charge in [-0.05, 0) is 50.1 Å². The molecule has 0 aliphatic heterocycles. The number of nitrogens with one attached hydrogen (secondary N) is 1. The lowest BCUT2D eigenvalue weighted by atomic mass is 10.1. The molecule has 1 aromatic heterocycles. The predicted molar refractivity (Wildman–Crippen MR) is 111 cm³/mol. The Balaban J connectivity index is 1.84. The normalized spacial score (nSPS) is 11.3. The van der Waals surface area contributed by atoms with Gasteiger partial charge in [-0.15, -0.1) is 10.2 Å². The van der Waals surface area contributed by atoms with Crippen LogP contribution >= 0.6 is 11.3 Å². The first-order valence-electron chi connectivity index (χ1n) is 8.46. The molecule has 0 unspecified atom stereocenters. The molecule has 28 heavy (non-hydrogen) atoms. The molecule has 0 spiro atoms. The fraction of sp³-hybridized carbons (Fsp3) is 0.211. The van der Waals surface area contributed by atoms with Crippen molar-refractivity contribution < 1.29 is 13.2 Å². The number of nitrogens with zero attached hydrogens (tertiary/aromatic N) is 3. The molecule has 146 valence electrons. The number of carbonyl (C=O) groups excluding carboxylic acids is 1. The Bertz CT molecular complexity index is 1140. The Morgan fingerprint density at radius 1 is 1.04 bits per heavy atom. The lowest BCUT2D eigenvalue weighted by molar-refractivity contribution is 0.102. The molecule has 7 nitrogen and oxygen atoms in total. The first-order chi connectivity index (χ1) is 13.2. The third kappa shape index (κ3) is 4.05. The highest BCUT2D eigenvalue weighted by molar-refractivity contribution is 7.94. The summed E-state index contributed by atoms with van der Waals surface area (Å²) in [5.41, 5.74) is 3.76. The van der Waals surface area contributed by atoms with Crippen LogP contribution in [0.1, 0.15) is 27.0 Å². The predicted octanol–water partition coefficient (Wildman–Crippen LogP) is 3.54. The van der Waals surface area contributed by atoms with E-state index in [1.807, 2.05) is 39.0 Å². The van der Waals surface area contributed by atoms with Gasteiger partial charge in [0.2, 0.25) is 5.13 Å². The zero-order valence-corrected chi connectivity index (χ0v) is 17.6. The van der Waals surface area contributed by atoms with Crippen molar-refractivity contribution in [2.75, 3.05) is 16.7 Å². The number of anilines is 2. The van der Waals surface area contributed by atoms with Gasteiger partial charge in [0.15, 0.2) is 0 Å². The van der Waals surface area contributed by atoms with Crippen LogP contribution in [0.5, 0.6) is 0 Å². The molecule has 0 radical (unpaired) electrons. The molecular weight excluding hydrogens is 396 g/mol. The molecule has 0 aliphatic rings. The van der Waals surface area contributed by atoms with E-state index in [0.29, 0.717) is 11.3 Å². The molecule has 3 rings (SSSR count). The second-order valence-corrected chi connectivity index (χ2v) is 9.58. The Kier molecular flexibility index (Phi) is 5.48. The molecule has 0 saturated carbocycles. The second kappa shape index (κ2) is 7.69. The van der Waals surface area contributed by atoms with Gasteiger partial charge in [-0.25, -0.2) is 0 Å². The number of rotatable bonds is 5. The number of amides is 1. The molecular formula is C19H20N4O3S2. The highest BCUT2D eigenvalue weighted by Crippen LogP contribution is 2.29. The summed E-state index contributed by atoms with van der Waals surface area (Å²) in [6.45, 7) is 5.62. The highest BCUT2D eigenvalue weighted by Gasteiger charge is 2.27. The number of hydrogen-bond acceptors (Lipinski definition) is 6. The molecule has 9 heteroatoms. The van der Waals surface area contributed by atoms with Crippen molar-refractivity contribution in [3.8, 4) is 0 Å². The summed E-state index contributed by atoms with van der Waals surface area (Å²) in [7, 11) is -2.41. The van der Waals surface area contributed by atoms with Crippen molar-refractivity contribution in [3.63, 3.8) is 0 Å². The van der Waals surface area contributed by atoms with E-state index in [-0.39, 0.29) is 15.4 Å². The Morgan fingerprint density at radius 3 is 2.46 bits per heavy atom. The van der Waals surface area contributed by atoms with E-state index in [0.717, 1.165) is 28.0 Å². The van der Waals surface area contributed by atoms with Gasteiger partial charge < -0.3 is 0 Å². The molecule has 3 aromatic rings. The summed E-state index contributed by atoms with van der Waals surface area (Å²) in [6.07, 6.45) is 0. The molecule has 0 bridgehead atoms. The molecule has 0 aliphatic carbocycles. The van der Waals surface area contributed by atoms with Crippen molar-refractivity contribution in [1.29, 1.82) is 0 Å². The minimum Gasteiger partial charge on any atom is -0.296 e. The zero-order chi connectivity index (χ0) is 20.5. The van der Waals surface area contributed by atoms with Gasteiger partial charge in [0, 0.05) is 12.6 Å². The lowest BCUT2D eigenvalue weighted by Crippen LogP contribution is -2.27. The van der Waals surface area contributed by atoms with E-state index >= 15 is 0 Å². The molecule has 0 fully saturated rings. The topological polar surface area (TPSA) is 92.3 Å². The lowest BCUT2D eigenvalue weighted by Gasteiger charge is -2.20. The van der Waals surface area contributed by atoms with Crippen LogP contribution in [-0.4, -0.2) is 31.6 Å². The summed E-state index contributed by atoms with van der Waals surface area (Å²) in [5.74, 6) is -0.369. The van der Waals surface area contributed by atoms with Gasteiger partial charge in [0.05, 0.1) is 5.69 Å². The Labute approximate surface area is 168 Å². The first-order valence-corrected chi connectivity index (χ1v) is 10.7. The van der Waals surface area contributed by atoms with Crippen LogP contribution in [0.2, 0.25) is 0 Å². The number of aromatic nitrogens is 2. The van der Waals surface area contributed by atoms with Gasteiger partial charge in [-0.1, -0.05) is 41.2 Å². The maximum atomic E-state index is 12.9. The summed E-state index contributed by atoms with van der Waals surface area (Å²) in [6, 6.07) is 12.7. The highest BCUT2D eigenvalue weighted by atomic mass is 32.2. The SMILES string of the molecule is Cc1cccc(C(=O)Nc2nnc(S(=O)(=O)N(C)c3cc(C)ccc3C)s2)c1. The molecule has 1 N–H and O–H groups in total. The maximum Gasteiger partial charge on any atom is 0.293 e. The van der Waals surface area contributed by atoms with Crippen LogP contribution in [0.25, 0.3) is 0 Å². The van der Waals surface area contributed by atoms with E-state index in [2.05, 4.69) is 15.5 Å².